The van der Waals surface area contributed by atoms with Gasteiger partial charge in [0.15, 0.2) is 0 Å². The summed E-state index contributed by atoms with van der Waals surface area (Å²) in [5.41, 5.74) is 1.84. The lowest BCUT2D eigenvalue weighted by atomic mass is 9.80. The van der Waals surface area contributed by atoms with Crippen molar-refractivity contribution in [2.75, 3.05) is 19.1 Å². The van der Waals surface area contributed by atoms with E-state index in [0.717, 1.165) is 42.2 Å². The van der Waals surface area contributed by atoms with E-state index < -0.39 is 0 Å². The van der Waals surface area contributed by atoms with E-state index in [-0.39, 0.29) is 24.0 Å². The number of anilines is 1. The third kappa shape index (κ3) is 2.57. The van der Waals surface area contributed by atoms with Gasteiger partial charge in [0.1, 0.15) is 11.6 Å². The van der Waals surface area contributed by atoms with Crippen molar-refractivity contribution in [3.05, 3.63) is 35.0 Å². The fourth-order valence-electron chi connectivity index (χ4n) is 4.34. The number of aromatic nitrogens is 2. The molecule has 132 valence electrons. The van der Waals surface area contributed by atoms with Crippen LogP contribution in [0.4, 0.5) is 5.82 Å². The minimum Gasteiger partial charge on any atom is -0.381 e. The van der Waals surface area contributed by atoms with Gasteiger partial charge >= 0.3 is 0 Å². The Bertz CT molecular complexity index is 832. The average Bonchev–Trinajstić information content (AvgIpc) is 2.97. The molecule has 3 atom stereocenters. The quantitative estimate of drug-likeness (QED) is 0.818. The van der Waals surface area contributed by atoms with Gasteiger partial charge in [-0.2, -0.15) is 0 Å². The Morgan fingerprint density at radius 2 is 2.12 bits per heavy atom. The van der Waals surface area contributed by atoms with Gasteiger partial charge in [-0.05, 0) is 38.3 Å². The smallest absolute Gasteiger partial charge is 0.233 e. The maximum absolute atomic E-state index is 12.9. The number of ether oxygens (including phenoxy) is 1. The molecule has 6 heteroatoms. The zero-order valence-corrected chi connectivity index (χ0v) is 15.5. The number of fused-ring (bicyclic) bond motifs is 3. The largest absolute Gasteiger partial charge is 0.381 e. The topological polar surface area (TPSA) is 47.4 Å². The van der Waals surface area contributed by atoms with E-state index in [1.165, 1.54) is 0 Å². The fourth-order valence-corrected chi connectivity index (χ4v) is 4.53. The summed E-state index contributed by atoms with van der Waals surface area (Å²) < 4.78 is 7.84. The second kappa shape index (κ2) is 6.15. The number of benzene rings is 1. The Morgan fingerprint density at radius 3 is 2.84 bits per heavy atom. The monoisotopic (exact) mass is 359 g/mol. The molecular formula is C19H22ClN3O2. The SMILES string of the molecule is COC1CCC2C(=O)N(C)c3c(C)nc(-c4cccc(Cl)c4)n3C2C1. The molecule has 1 aliphatic heterocycles. The van der Waals surface area contributed by atoms with Gasteiger partial charge in [-0.3, -0.25) is 9.69 Å². The number of methoxy groups -OCH3 is 1. The molecule has 1 fully saturated rings. The van der Waals surface area contributed by atoms with Crippen molar-refractivity contribution in [2.24, 2.45) is 5.92 Å². The summed E-state index contributed by atoms with van der Waals surface area (Å²) in [5, 5.41) is 0.683. The van der Waals surface area contributed by atoms with Gasteiger partial charge in [-0.1, -0.05) is 23.7 Å². The molecule has 1 saturated carbocycles. The lowest BCUT2D eigenvalue weighted by molar-refractivity contribution is -0.127. The molecule has 0 spiro atoms. The number of hydrogen-bond donors (Lipinski definition) is 0. The molecule has 0 N–H and O–H groups in total. The van der Waals surface area contributed by atoms with Crippen LogP contribution >= 0.6 is 11.6 Å². The summed E-state index contributed by atoms with van der Waals surface area (Å²) in [7, 11) is 3.60. The highest BCUT2D eigenvalue weighted by molar-refractivity contribution is 6.30. The van der Waals surface area contributed by atoms with Gasteiger partial charge in [-0.25, -0.2) is 4.98 Å². The molecule has 5 nitrogen and oxygen atoms in total. The number of hydrogen-bond acceptors (Lipinski definition) is 3. The summed E-state index contributed by atoms with van der Waals surface area (Å²) in [5.74, 6) is 1.93. The minimum atomic E-state index is -0.0181. The van der Waals surface area contributed by atoms with Crippen LogP contribution in [-0.4, -0.2) is 35.7 Å². The normalized spacial score (nSPS) is 25.7. The minimum absolute atomic E-state index is 0.0181. The van der Waals surface area contributed by atoms with E-state index in [1.54, 1.807) is 12.0 Å². The molecule has 1 amide bonds. The Morgan fingerprint density at radius 1 is 1.32 bits per heavy atom. The van der Waals surface area contributed by atoms with Gasteiger partial charge in [0.25, 0.3) is 0 Å². The van der Waals surface area contributed by atoms with Crippen LogP contribution in [0.15, 0.2) is 24.3 Å². The predicted octanol–water partition coefficient (Wildman–Crippen LogP) is 3.84. The molecule has 1 aliphatic carbocycles. The number of carbonyl (C=O) groups is 1. The number of amides is 1. The molecule has 25 heavy (non-hydrogen) atoms. The van der Waals surface area contributed by atoms with Crippen LogP contribution in [0.5, 0.6) is 0 Å². The van der Waals surface area contributed by atoms with Crippen LogP contribution in [0.1, 0.15) is 31.0 Å². The van der Waals surface area contributed by atoms with Crippen molar-refractivity contribution in [1.29, 1.82) is 0 Å². The van der Waals surface area contributed by atoms with E-state index in [1.807, 2.05) is 38.2 Å². The number of imidazole rings is 1. The van der Waals surface area contributed by atoms with Crippen LogP contribution in [-0.2, 0) is 9.53 Å². The molecule has 2 aromatic rings. The fraction of sp³-hybridized carbons (Fsp3) is 0.474. The Balaban J connectivity index is 1.90. The Hall–Kier alpha value is -1.85. The van der Waals surface area contributed by atoms with E-state index in [0.29, 0.717) is 5.02 Å². The molecule has 0 saturated heterocycles. The van der Waals surface area contributed by atoms with Gasteiger partial charge < -0.3 is 9.30 Å². The number of rotatable bonds is 2. The zero-order chi connectivity index (χ0) is 17.7. The first-order chi connectivity index (χ1) is 12.0. The van der Waals surface area contributed by atoms with E-state index in [2.05, 4.69) is 4.57 Å². The predicted molar refractivity (Wildman–Crippen MR) is 98.0 cm³/mol. The van der Waals surface area contributed by atoms with Gasteiger partial charge in [0.05, 0.1) is 23.8 Å². The van der Waals surface area contributed by atoms with Crippen LogP contribution < -0.4 is 4.90 Å². The lowest BCUT2D eigenvalue weighted by Gasteiger charge is -2.43. The molecule has 4 rings (SSSR count). The van der Waals surface area contributed by atoms with Crippen molar-refractivity contribution in [1.82, 2.24) is 9.55 Å². The number of carbonyl (C=O) groups excluding carboxylic acids is 1. The van der Waals surface area contributed by atoms with Crippen LogP contribution in [0.25, 0.3) is 11.4 Å². The summed E-state index contributed by atoms with van der Waals surface area (Å²) in [6.07, 6.45) is 2.78. The molecule has 2 heterocycles. The number of nitrogens with zero attached hydrogens (tertiary/aromatic N) is 3. The highest BCUT2D eigenvalue weighted by Gasteiger charge is 2.44. The summed E-state index contributed by atoms with van der Waals surface area (Å²) in [6.45, 7) is 1.96. The van der Waals surface area contributed by atoms with Crippen molar-refractivity contribution < 1.29 is 9.53 Å². The molecule has 0 bridgehead atoms. The van der Waals surface area contributed by atoms with Crippen molar-refractivity contribution in [3.8, 4) is 11.4 Å². The van der Waals surface area contributed by atoms with E-state index in [4.69, 9.17) is 21.3 Å². The summed E-state index contributed by atoms with van der Waals surface area (Å²) >= 11 is 6.20. The van der Waals surface area contributed by atoms with Gasteiger partial charge in [0, 0.05) is 24.7 Å². The maximum Gasteiger partial charge on any atom is 0.233 e. The molecule has 1 aromatic carbocycles. The van der Waals surface area contributed by atoms with Crippen molar-refractivity contribution in [2.45, 2.75) is 38.3 Å². The highest BCUT2D eigenvalue weighted by Crippen LogP contribution is 2.46. The van der Waals surface area contributed by atoms with Crippen molar-refractivity contribution in [3.63, 3.8) is 0 Å². The molecule has 0 radical (unpaired) electrons. The molecule has 1 aromatic heterocycles. The van der Waals surface area contributed by atoms with Crippen LogP contribution in [0, 0.1) is 12.8 Å². The van der Waals surface area contributed by atoms with Gasteiger partial charge in [-0.15, -0.1) is 0 Å². The number of halogens is 1. The Kier molecular flexibility index (Phi) is 4.08. The summed E-state index contributed by atoms with van der Waals surface area (Å²) in [4.78, 5) is 19.5. The standard InChI is InChI=1S/C19H22ClN3O2/c1-11-18-22(2)19(24)15-8-7-14(25-3)10-16(15)23(18)17(21-11)12-5-4-6-13(20)9-12/h4-6,9,14-16H,7-8,10H2,1-3H3. The zero-order valence-electron chi connectivity index (χ0n) is 14.7. The summed E-state index contributed by atoms with van der Waals surface area (Å²) in [6, 6.07) is 7.81. The van der Waals surface area contributed by atoms with E-state index in [9.17, 15) is 4.79 Å². The highest BCUT2D eigenvalue weighted by atomic mass is 35.5. The van der Waals surface area contributed by atoms with Crippen LogP contribution in [0.3, 0.4) is 0 Å². The molecular weight excluding hydrogens is 338 g/mol. The van der Waals surface area contributed by atoms with Gasteiger partial charge in [0.2, 0.25) is 5.91 Å². The third-order valence-electron chi connectivity index (χ3n) is 5.54. The first-order valence-corrected chi connectivity index (χ1v) is 9.04. The second-order valence-corrected chi connectivity index (χ2v) is 7.40. The molecule has 3 unspecified atom stereocenters. The van der Waals surface area contributed by atoms with Crippen LogP contribution in [0.2, 0.25) is 5.02 Å². The number of aryl methyl sites for hydroxylation is 1. The Labute approximate surface area is 152 Å². The first-order valence-electron chi connectivity index (χ1n) is 8.66. The third-order valence-corrected chi connectivity index (χ3v) is 5.77. The van der Waals surface area contributed by atoms with E-state index >= 15 is 0 Å². The molecule has 2 aliphatic rings. The lowest BCUT2D eigenvalue weighted by Crippen LogP contribution is -2.47. The maximum atomic E-state index is 12.9. The average molecular weight is 360 g/mol. The first kappa shape index (κ1) is 16.6. The second-order valence-electron chi connectivity index (χ2n) is 6.97. The van der Waals surface area contributed by atoms with Crippen molar-refractivity contribution >= 4 is 23.3 Å².